The van der Waals surface area contributed by atoms with Crippen molar-refractivity contribution in [3.8, 4) is 5.75 Å². The minimum atomic E-state index is -1.24. The number of amides is 5. The lowest BCUT2D eigenvalue weighted by molar-refractivity contribution is -0.143. The number of hydrogen-bond donors (Lipinski definition) is 10. The number of aliphatic imine (C=N–C) groups is 2. The standard InChI is InChI=1S/C41H67N11O8/c1-25(2)23-30(38(59)60)50-36(57)33(41(3,4)5)51-34(55)29(24-26-14-16-27(53)17-15-26)49-35(56)31-12-9-22-52(31)37(58)28(11-8-19-44-39(42)43)48-32(54)13-6-7-18-45-40-46-20-10-21-47-40/h14-17,25,28-31,33,53H,6-13,18-24H2,1-5H3,(H,48,54)(H,49,56)(H,50,57)(H,51,55)(H,59,60)(H4,42,43,44)(H2,45,46,47)/t28-,29-,30-,31-,33+/m0/s1. The second kappa shape index (κ2) is 23.8. The molecule has 19 nitrogen and oxygen atoms in total. The summed E-state index contributed by atoms with van der Waals surface area (Å²) in [4.78, 5) is 91.0. The fourth-order valence-electron chi connectivity index (χ4n) is 7.01. The van der Waals surface area contributed by atoms with Gasteiger partial charge < -0.3 is 58.5 Å². The molecule has 0 unspecified atom stereocenters. The van der Waals surface area contributed by atoms with E-state index >= 15 is 0 Å². The Kier molecular flexibility index (Phi) is 19.4. The van der Waals surface area contributed by atoms with Crippen LogP contribution in [-0.2, 0) is 35.2 Å². The predicted molar refractivity (Wildman–Crippen MR) is 228 cm³/mol. The summed E-state index contributed by atoms with van der Waals surface area (Å²) in [6, 6.07) is 0.530. The summed E-state index contributed by atoms with van der Waals surface area (Å²) in [5.74, 6) is -3.35. The molecule has 1 saturated heterocycles. The number of nitrogens with two attached hydrogens (primary N) is 2. The van der Waals surface area contributed by atoms with E-state index in [0.29, 0.717) is 44.2 Å². The zero-order valence-corrected chi connectivity index (χ0v) is 35.7. The Hall–Kier alpha value is -5.62. The third kappa shape index (κ3) is 16.6. The summed E-state index contributed by atoms with van der Waals surface area (Å²) in [6.45, 7) is 11.6. The lowest BCUT2D eigenvalue weighted by Crippen LogP contribution is -2.61. The fourth-order valence-corrected chi connectivity index (χ4v) is 7.01. The number of carbonyl (C=O) groups is 6. The van der Waals surface area contributed by atoms with Gasteiger partial charge in [0.05, 0.1) is 0 Å². The molecule has 0 saturated carbocycles. The number of carboxylic acids is 1. The number of aromatic hydroxyl groups is 1. The minimum Gasteiger partial charge on any atom is -0.508 e. The van der Waals surface area contributed by atoms with E-state index in [1.165, 1.54) is 17.0 Å². The van der Waals surface area contributed by atoms with Gasteiger partial charge >= 0.3 is 5.97 Å². The molecule has 5 amide bonds. The summed E-state index contributed by atoms with van der Waals surface area (Å²) < 4.78 is 0. The molecule has 0 bridgehead atoms. The smallest absolute Gasteiger partial charge is 0.326 e. The van der Waals surface area contributed by atoms with Gasteiger partial charge in [-0.15, -0.1) is 0 Å². The molecule has 2 aliphatic heterocycles. The fraction of sp³-hybridized carbons (Fsp3) is 0.659. The van der Waals surface area contributed by atoms with Crippen molar-refractivity contribution in [3.63, 3.8) is 0 Å². The molecule has 2 heterocycles. The summed E-state index contributed by atoms with van der Waals surface area (Å²) in [6.07, 6.45) is 3.95. The van der Waals surface area contributed by atoms with Crippen LogP contribution in [0, 0.1) is 11.3 Å². The first kappa shape index (κ1) is 48.7. The molecule has 0 spiro atoms. The Morgan fingerprint density at radius 2 is 1.65 bits per heavy atom. The van der Waals surface area contributed by atoms with Crippen molar-refractivity contribution >= 4 is 47.4 Å². The third-order valence-corrected chi connectivity index (χ3v) is 10.2. The number of rotatable bonds is 22. The van der Waals surface area contributed by atoms with Gasteiger partial charge in [-0.2, -0.15) is 0 Å². The Bertz CT molecular complexity index is 1670. The number of carboxylic acid groups (broad SMARTS) is 1. The number of phenolic OH excluding ortho intramolecular Hbond substituents is 1. The van der Waals surface area contributed by atoms with Gasteiger partial charge in [-0.25, -0.2) is 4.79 Å². The zero-order valence-electron chi connectivity index (χ0n) is 35.7. The Labute approximate surface area is 352 Å². The van der Waals surface area contributed by atoms with Crippen molar-refractivity contribution in [1.82, 2.24) is 36.8 Å². The van der Waals surface area contributed by atoms with Crippen LogP contribution < -0.4 is 43.4 Å². The van der Waals surface area contributed by atoms with Crippen LogP contribution in [0.25, 0.3) is 0 Å². The lowest BCUT2D eigenvalue weighted by atomic mass is 9.85. The third-order valence-electron chi connectivity index (χ3n) is 10.2. The molecule has 1 fully saturated rings. The topological polar surface area (TPSA) is 295 Å². The molecule has 60 heavy (non-hydrogen) atoms. The van der Waals surface area contributed by atoms with Crippen LogP contribution in [0.5, 0.6) is 5.75 Å². The Morgan fingerprint density at radius 1 is 0.933 bits per heavy atom. The normalized spacial score (nSPS) is 17.2. The van der Waals surface area contributed by atoms with Gasteiger partial charge in [0, 0.05) is 45.6 Å². The summed E-state index contributed by atoms with van der Waals surface area (Å²) in [5, 5.41) is 37.1. The van der Waals surface area contributed by atoms with Crippen molar-refractivity contribution in [3.05, 3.63) is 29.8 Å². The first-order valence-electron chi connectivity index (χ1n) is 20.9. The maximum absolute atomic E-state index is 14.2. The number of aliphatic carboxylic acids is 1. The van der Waals surface area contributed by atoms with Gasteiger partial charge in [0.15, 0.2) is 11.9 Å². The van der Waals surface area contributed by atoms with Gasteiger partial charge in [-0.05, 0) is 80.4 Å². The molecular weight excluding hydrogens is 775 g/mol. The summed E-state index contributed by atoms with van der Waals surface area (Å²) in [7, 11) is 0. The van der Waals surface area contributed by atoms with Gasteiger partial charge in [0.1, 0.15) is 36.0 Å². The highest BCUT2D eigenvalue weighted by Gasteiger charge is 2.40. The van der Waals surface area contributed by atoms with Crippen molar-refractivity contribution < 1.29 is 39.0 Å². The van der Waals surface area contributed by atoms with Gasteiger partial charge in [0.25, 0.3) is 0 Å². The van der Waals surface area contributed by atoms with Crippen LogP contribution in [0.15, 0.2) is 34.3 Å². The maximum Gasteiger partial charge on any atom is 0.326 e. The van der Waals surface area contributed by atoms with E-state index in [4.69, 9.17) is 11.5 Å². The maximum atomic E-state index is 14.2. The SMILES string of the molecule is CC(C)C[C@H](NC(=O)[C@@H](NC(=O)[C@H](Cc1ccc(O)cc1)NC(=O)[C@@H]1CCCN1C(=O)[C@H](CCCN=C(N)N)NC(=O)CCCCNC1=NCCCN1)C(C)(C)C)C(=O)O. The monoisotopic (exact) mass is 842 g/mol. The zero-order chi connectivity index (χ0) is 44.4. The predicted octanol–water partition coefficient (Wildman–Crippen LogP) is 0.205. The average molecular weight is 842 g/mol. The number of nitrogens with one attached hydrogen (secondary N) is 6. The van der Waals surface area contributed by atoms with Crippen LogP contribution in [0.3, 0.4) is 0 Å². The molecule has 2 aliphatic rings. The Morgan fingerprint density at radius 3 is 2.27 bits per heavy atom. The molecule has 19 heteroatoms. The number of nitrogens with zero attached hydrogens (tertiary/aromatic N) is 3. The number of likely N-dealkylation sites (tertiary alicyclic amines) is 1. The van der Waals surface area contributed by atoms with Crippen LogP contribution in [-0.4, -0.2) is 125 Å². The second-order valence-corrected chi connectivity index (χ2v) is 16.9. The van der Waals surface area contributed by atoms with E-state index in [-0.39, 0.29) is 62.3 Å². The highest BCUT2D eigenvalue weighted by atomic mass is 16.4. The van der Waals surface area contributed by atoms with E-state index in [1.54, 1.807) is 32.9 Å². The van der Waals surface area contributed by atoms with Gasteiger partial charge in [-0.1, -0.05) is 46.8 Å². The van der Waals surface area contributed by atoms with E-state index in [9.17, 15) is 39.0 Å². The lowest BCUT2D eigenvalue weighted by Gasteiger charge is -2.33. The van der Waals surface area contributed by atoms with Crippen molar-refractivity contribution in [1.29, 1.82) is 0 Å². The number of phenols is 1. The van der Waals surface area contributed by atoms with Crippen molar-refractivity contribution in [2.24, 2.45) is 32.8 Å². The largest absolute Gasteiger partial charge is 0.508 e. The molecule has 0 radical (unpaired) electrons. The van der Waals surface area contributed by atoms with E-state index in [1.807, 2.05) is 13.8 Å². The summed E-state index contributed by atoms with van der Waals surface area (Å²) >= 11 is 0. The van der Waals surface area contributed by atoms with Crippen LogP contribution >= 0.6 is 0 Å². The molecule has 1 aromatic carbocycles. The van der Waals surface area contributed by atoms with Crippen molar-refractivity contribution in [2.45, 2.75) is 129 Å². The summed E-state index contributed by atoms with van der Waals surface area (Å²) in [5.41, 5.74) is 10.7. The van der Waals surface area contributed by atoms with Crippen LogP contribution in [0.1, 0.15) is 98.0 Å². The molecule has 334 valence electrons. The molecule has 12 N–H and O–H groups in total. The highest BCUT2D eigenvalue weighted by Crippen LogP contribution is 2.23. The number of unbranched alkanes of at least 4 members (excludes halogenated alkanes) is 1. The van der Waals surface area contributed by atoms with E-state index in [2.05, 4.69) is 41.9 Å². The highest BCUT2D eigenvalue weighted by molar-refractivity contribution is 5.96. The molecule has 3 rings (SSSR count). The van der Waals surface area contributed by atoms with Gasteiger partial charge in [0.2, 0.25) is 29.5 Å². The van der Waals surface area contributed by atoms with Crippen LogP contribution in [0.4, 0.5) is 0 Å². The number of benzene rings is 1. The van der Waals surface area contributed by atoms with Gasteiger partial charge in [-0.3, -0.25) is 34.0 Å². The molecule has 5 atom stereocenters. The van der Waals surface area contributed by atoms with E-state index < -0.39 is 65.2 Å². The molecule has 0 aromatic heterocycles. The first-order valence-corrected chi connectivity index (χ1v) is 20.9. The number of hydrogen-bond acceptors (Lipinski definition) is 11. The Balaban J connectivity index is 1.78. The number of guanidine groups is 2. The minimum absolute atomic E-state index is 0.00216. The van der Waals surface area contributed by atoms with E-state index in [0.717, 1.165) is 25.5 Å². The second-order valence-electron chi connectivity index (χ2n) is 16.9. The number of carbonyl (C=O) groups excluding carboxylic acids is 5. The average Bonchev–Trinajstić information content (AvgIpc) is 3.68. The first-order chi connectivity index (χ1) is 28.3. The van der Waals surface area contributed by atoms with Crippen molar-refractivity contribution in [2.75, 3.05) is 32.7 Å². The molecular formula is C41H67N11O8. The van der Waals surface area contributed by atoms with Crippen LogP contribution in [0.2, 0.25) is 0 Å². The molecule has 0 aliphatic carbocycles. The quantitative estimate of drug-likeness (QED) is 0.0426. The molecule has 1 aromatic rings.